The molecule has 660 valence electrons. The van der Waals surface area contributed by atoms with Gasteiger partial charge in [0, 0.05) is 54.0 Å². The van der Waals surface area contributed by atoms with Gasteiger partial charge in [0.25, 0.3) is 0 Å². The molecule has 14 amide bonds. The number of aliphatic carboxylic acids is 4. The Hall–Kier alpha value is -12.7. The lowest BCUT2D eigenvalue weighted by atomic mass is 9.96. The van der Waals surface area contributed by atoms with Crippen LogP contribution in [-0.4, -0.2) is 248 Å². The van der Waals surface area contributed by atoms with Crippen LogP contribution >= 0.6 is 0 Å². The molecular weight excluding hydrogens is 1580 g/mol. The van der Waals surface area contributed by atoms with Crippen LogP contribution in [0.25, 0.3) is 10.9 Å². The van der Waals surface area contributed by atoms with Gasteiger partial charge in [-0.3, -0.25) is 91.1 Å². The molecule has 1 unspecified atom stereocenters. The van der Waals surface area contributed by atoms with E-state index >= 15 is 0 Å². The molecule has 120 heavy (non-hydrogen) atoms. The maximum Gasteiger partial charge on any atom is 0.329 e. The predicted molar refractivity (Wildman–Crippen MR) is 423 cm³/mol. The number of Topliss-reactive ketones (excluding diaryl/α,β-unsaturated/α-hetero) is 1. The van der Waals surface area contributed by atoms with Crippen LogP contribution < -0.4 is 86.3 Å². The normalized spacial score (nSPS) is 20.8. The van der Waals surface area contributed by atoms with Crippen molar-refractivity contribution in [2.24, 2.45) is 17.4 Å². The number of unbranched alkanes of at least 4 members (excludes halogenated alkanes) is 10. The fourth-order valence-electron chi connectivity index (χ4n) is 12.6. The lowest BCUT2D eigenvalue weighted by Gasteiger charge is -2.30. The number of carbonyl (C=O) groups is 20. The van der Waals surface area contributed by atoms with Gasteiger partial charge in [-0.15, -0.1) is 0 Å². The van der Waals surface area contributed by atoms with E-state index in [4.69, 9.17) is 21.9 Å². The number of nitrogen functional groups attached to an aromatic ring is 1. The molecule has 0 bridgehead atoms. The number of para-hydroxylation sites is 2. The molecule has 3 aromatic rings. The number of aliphatic hydroxyl groups excluding tert-OH is 1. The minimum Gasteiger partial charge on any atom is -0.481 e. The number of anilines is 1. The molecule has 2 aromatic carbocycles. The predicted octanol–water partition coefficient (Wildman–Crippen LogP) is -3.67. The highest BCUT2D eigenvalue weighted by Gasteiger charge is 2.41. The molecular formula is C77H111N17O26. The molecule has 13 atom stereocenters. The molecule has 2 heterocycles. The first kappa shape index (κ1) is 99.7. The summed E-state index contributed by atoms with van der Waals surface area (Å²) < 4.78 is 5.74. The van der Waals surface area contributed by atoms with Crippen LogP contribution in [0.4, 0.5) is 5.69 Å². The van der Waals surface area contributed by atoms with E-state index in [9.17, 15) is 121 Å². The molecule has 0 saturated carbocycles. The Morgan fingerprint density at radius 2 is 1.08 bits per heavy atom. The SMILES string of the molecule is CCCCCCCCCCCCC(=O)N[C@@H](Cc1c[nH]c2ccccc12)C(=O)N[C@@H](CC(N)=O)C(=O)N[C@@H](CCC(=O)O)C(=O)N[C@@H]1C(=O)NCC(=O)N[C@@H](CCCCN)C(=O)N[C@@H](CC(=O)O)C(=O)N[C@H](C)C(=O)N[C@@H](CC(=O)O)C(=O)NCC(=O)N[C@H](CO)C(=O)N[C@@H](C(C)CC(=O)O)C(=O)N[C@@H](CC(=O)c2ccccc2N)C(=O)O[C@@H]1C. The van der Waals surface area contributed by atoms with Gasteiger partial charge < -0.3 is 122 Å². The van der Waals surface area contributed by atoms with Crippen LogP contribution in [0.3, 0.4) is 0 Å². The summed E-state index contributed by atoms with van der Waals surface area (Å²) in [5.41, 5.74) is 18.2. The van der Waals surface area contributed by atoms with Gasteiger partial charge in [0.1, 0.15) is 72.6 Å². The molecule has 43 heteroatoms. The van der Waals surface area contributed by atoms with Gasteiger partial charge >= 0.3 is 29.8 Å². The highest BCUT2D eigenvalue weighted by atomic mass is 16.5. The number of aliphatic hydroxyl groups is 1. The average Bonchev–Trinajstić information content (AvgIpc) is 1.66. The second kappa shape index (κ2) is 51.5. The maximum atomic E-state index is 15.0. The number of hydrogen-bond donors (Lipinski definition) is 22. The van der Waals surface area contributed by atoms with Gasteiger partial charge in [-0.1, -0.05) is 102 Å². The number of rotatable bonds is 40. The van der Waals surface area contributed by atoms with Gasteiger partial charge in [-0.05, 0) is 82.2 Å². The largest absolute Gasteiger partial charge is 0.481 e. The zero-order valence-electron chi connectivity index (χ0n) is 67.1. The summed E-state index contributed by atoms with van der Waals surface area (Å²) in [4.78, 5) is 278. The van der Waals surface area contributed by atoms with Crippen molar-refractivity contribution in [2.45, 2.75) is 242 Å². The third-order valence-corrected chi connectivity index (χ3v) is 19.1. The molecule has 1 aliphatic heterocycles. The molecule has 4 rings (SSSR count). The van der Waals surface area contributed by atoms with Crippen LogP contribution in [-0.2, 0) is 102 Å². The van der Waals surface area contributed by atoms with Crippen molar-refractivity contribution >= 4 is 135 Å². The number of carbonyl (C=O) groups excluding carboxylic acids is 16. The summed E-state index contributed by atoms with van der Waals surface area (Å²) in [6.07, 6.45) is 1.38. The third kappa shape index (κ3) is 35.2. The number of ether oxygens (including phenoxy) is 1. The Labute approximate surface area is 689 Å². The number of cyclic esters (lactones) is 1. The zero-order valence-corrected chi connectivity index (χ0v) is 67.1. The second-order valence-electron chi connectivity index (χ2n) is 29.0. The molecule has 1 fully saturated rings. The number of nitrogens with one attached hydrogen (secondary N) is 14. The van der Waals surface area contributed by atoms with Crippen molar-refractivity contribution in [1.82, 2.24) is 74.1 Å². The molecule has 1 aromatic heterocycles. The van der Waals surface area contributed by atoms with E-state index in [-0.39, 0.29) is 49.9 Å². The monoisotopic (exact) mass is 1690 g/mol. The number of fused-ring (bicyclic) bond motifs is 1. The first-order chi connectivity index (χ1) is 56.9. The van der Waals surface area contributed by atoms with Crippen LogP contribution in [0, 0.1) is 5.92 Å². The first-order valence-corrected chi connectivity index (χ1v) is 39.3. The number of benzene rings is 2. The van der Waals surface area contributed by atoms with E-state index in [1.54, 1.807) is 30.5 Å². The summed E-state index contributed by atoms with van der Waals surface area (Å²) in [5, 5.41) is 79.2. The number of primary amides is 1. The van der Waals surface area contributed by atoms with E-state index < -0.39 is 261 Å². The van der Waals surface area contributed by atoms with E-state index in [0.29, 0.717) is 29.3 Å². The Bertz CT molecular complexity index is 4140. The Morgan fingerprint density at radius 3 is 1.68 bits per heavy atom. The Morgan fingerprint density at radius 1 is 0.533 bits per heavy atom. The molecule has 0 radical (unpaired) electrons. The highest BCUT2D eigenvalue weighted by Crippen LogP contribution is 2.22. The maximum absolute atomic E-state index is 15.0. The number of carboxylic acids is 4. The molecule has 0 aliphatic carbocycles. The summed E-state index contributed by atoms with van der Waals surface area (Å²) in [5.74, 6) is -29.0. The first-order valence-electron chi connectivity index (χ1n) is 39.3. The average molecular weight is 1690 g/mol. The van der Waals surface area contributed by atoms with Crippen molar-refractivity contribution in [1.29, 1.82) is 0 Å². The van der Waals surface area contributed by atoms with Gasteiger partial charge in [0.2, 0.25) is 82.7 Å². The smallest absolute Gasteiger partial charge is 0.329 e. The minimum atomic E-state index is -2.40. The number of nitrogens with two attached hydrogens (primary N) is 3. The zero-order chi connectivity index (χ0) is 89.3. The lowest BCUT2D eigenvalue weighted by molar-refractivity contribution is -0.156. The number of aromatic amines is 1. The second-order valence-corrected chi connectivity index (χ2v) is 29.0. The molecule has 43 nitrogen and oxygen atoms in total. The van der Waals surface area contributed by atoms with Crippen molar-refractivity contribution in [3.8, 4) is 0 Å². The summed E-state index contributed by atoms with van der Waals surface area (Å²) in [6.45, 7) is 1.46. The lowest BCUT2D eigenvalue weighted by Crippen LogP contribution is -2.61. The number of ketones is 1. The van der Waals surface area contributed by atoms with Gasteiger partial charge in [0.05, 0.1) is 45.4 Å². The Balaban J connectivity index is 1.88. The van der Waals surface area contributed by atoms with Crippen LogP contribution in [0.2, 0.25) is 0 Å². The molecule has 1 saturated heterocycles. The Kier molecular flexibility index (Phi) is 42.8. The number of amides is 14. The minimum absolute atomic E-state index is 0.00719. The quantitative estimate of drug-likeness (QED) is 0.0113. The summed E-state index contributed by atoms with van der Waals surface area (Å²) >= 11 is 0. The van der Waals surface area contributed by atoms with E-state index in [1.807, 2.05) is 16.0 Å². The van der Waals surface area contributed by atoms with Gasteiger partial charge in [-0.2, -0.15) is 0 Å². The highest BCUT2D eigenvalue weighted by molar-refractivity contribution is 6.05. The van der Waals surface area contributed by atoms with Crippen LogP contribution in [0.15, 0.2) is 54.7 Å². The van der Waals surface area contributed by atoms with Gasteiger partial charge in [0.15, 0.2) is 5.78 Å². The fraction of sp³-hybridized carbons (Fsp3) is 0.558. The van der Waals surface area contributed by atoms with Crippen molar-refractivity contribution in [3.05, 3.63) is 65.9 Å². The van der Waals surface area contributed by atoms with Gasteiger partial charge in [-0.25, -0.2) is 4.79 Å². The number of aromatic nitrogens is 1. The van der Waals surface area contributed by atoms with Crippen molar-refractivity contribution in [2.75, 3.05) is 32.0 Å². The molecule has 0 spiro atoms. The number of H-pyrrole nitrogens is 1. The van der Waals surface area contributed by atoms with Crippen LogP contribution in [0.5, 0.6) is 0 Å². The number of carboxylic acid groups (broad SMARTS) is 4. The fourth-order valence-corrected chi connectivity index (χ4v) is 12.6. The van der Waals surface area contributed by atoms with E-state index in [1.165, 1.54) is 24.3 Å². The molecule has 1 aliphatic rings. The van der Waals surface area contributed by atoms with Crippen molar-refractivity contribution < 1.29 is 126 Å². The van der Waals surface area contributed by atoms with Crippen LogP contribution in [0.1, 0.15) is 178 Å². The number of esters is 1. The summed E-state index contributed by atoms with van der Waals surface area (Å²) in [6, 6.07) is -10.0. The third-order valence-electron chi connectivity index (χ3n) is 19.1. The van der Waals surface area contributed by atoms with Crippen molar-refractivity contribution in [3.63, 3.8) is 0 Å². The molecule has 25 N–H and O–H groups in total. The van der Waals surface area contributed by atoms with E-state index in [0.717, 1.165) is 72.1 Å². The summed E-state index contributed by atoms with van der Waals surface area (Å²) in [7, 11) is 0. The topological polar surface area (TPSA) is 702 Å². The van der Waals surface area contributed by atoms with E-state index in [2.05, 4.69) is 65.1 Å². The standard InChI is InChI=1S/C77H111N17O26/c1-5-6-7-8-9-10-11-12-13-14-26-58(98)86-50(31-43-36-81-47-24-18-16-21-44(43)47)72(114)90-51(33-57(80)97)73(115)88-49(27-28-61(101)102)70(112)94-66-42(4)120-77(119)54(32-56(96)45-22-15-17-23-46(45)79)92-76(118)65(40(2)30-62(103)104)93-74(116)55(39-95)87-60(100)37-82-68(110)52(34-63(105)106)89-67(109)41(3)84-71(113)53(35-64(107)108)91-69(111)48(25-19-20-29-78)85-59(99)38-83-75(66)117/h15-18,21-24,36,40-42,48-55,65-66,81,95H,5-14,19-20,25-35,37-39,78-79H2,1-4H3,(H2,80,97)(H,82,110)(H,83,117)(H,84,113)(H,85,99)(H,86,98)(H,87,100)(H,88,115)(H,89,109)(H,90,114)(H,91,111)(H,92,118)(H,93,116)(H,94,112)(H,101,102)(H,103,104)(H,105,106)(H,107,108)/t40?,41-,42-,48+,49+,50+,51+,52+,53+,54+,55-,65+,66+/m1/s1. The number of hydrogen-bond acceptors (Lipinski definition) is 24.